The zero-order valence-electron chi connectivity index (χ0n) is 14.3. The van der Waals surface area contributed by atoms with Crippen molar-refractivity contribution >= 4 is 29.2 Å². The molecule has 0 bridgehead atoms. The van der Waals surface area contributed by atoms with Gasteiger partial charge in [-0.3, -0.25) is 15.0 Å². The van der Waals surface area contributed by atoms with E-state index in [1.54, 1.807) is 12.1 Å². The minimum atomic E-state index is -0.527. The molecule has 2 aromatic rings. The molecule has 0 unspecified atom stereocenters. The summed E-state index contributed by atoms with van der Waals surface area (Å²) in [4.78, 5) is 28.0. The van der Waals surface area contributed by atoms with Crippen LogP contribution in [0.15, 0.2) is 47.1 Å². The zero-order valence-corrected chi connectivity index (χ0v) is 15.0. The molecule has 1 saturated heterocycles. The number of hydrogen-bond acceptors (Lipinski definition) is 5. The van der Waals surface area contributed by atoms with Crippen molar-refractivity contribution in [1.82, 2.24) is 15.5 Å². The summed E-state index contributed by atoms with van der Waals surface area (Å²) in [5.74, 6) is 0.302. The van der Waals surface area contributed by atoms with E-state index in [1.165, 1.54) is 6.26 Å². The highest BCUT2D eigenvalue weighted by molar-refractivity contribution is 6.33. The average Bonchev–Trinajstić information content (AvgIpc) is 3.15. The Hall–Kier alpha value is -2.51. The minimum absolute atomic E-state index is 0.185. The van der Waals surface area contributed by atoms with Crippen LogP contribution >= 0.6 is 11.6 Å². The van der Waals surface area contributed by atoms with E-state index < -0.39 is 6.03 Å². The molecule has 3 rings (SSSR count). The highest BCUT2D eigenvalue weighted by Gasteiger charge is 2.21. The van der Waals surface area contributed by atoms with E-state index in [9.17, 15) is 9.59 Å². The number of furan rings is 1. The van der Waals surface area contributed by atoms with Gasteiger partial charge in [0.15, 0.2) is 0 Å². The highest BCUT2D eigenvalue weighted by Crippen LogP contribution is 2.25. The molecule has 0 spiro atoms. The molecular weight excluding hydrogens is 356 g/mol. The lowest BCUT2D eigenvalue weighted by Crippen LogP contribution is -2.51. The number of hydrogen-bond donors (Lipinski definition) is 2. The van der Waals surface area contributed by atoms with Crippen LogP contribution in [-0.4, -0.2) is 49.6 Å². The fraction of sp³-hybridized carbons (Fsp3) is 0.333. The van der Waals surface area contributed by atoms with E-state index in [0.717, 1.165) is 36.9 Å². The fourth-order valence-electron chi connectivity index (χ4n) is 2.85. The minimum Gasteiger partial charge on any atom is -0.467 e. The van der Waals surface area contributed by atoms with E-state index in [4.69, 9.17) is 16.0 Å². The van der Waals surface area contributed by atoms with E-state index in [1.807, 2.05) is 29.2 Å². The van der Waals surface area contributed by atoms with Crippen LogP contribution in [0.3, 0.4) is 0 Å². The van der Waals surface area contributed by atoms with Gasteiger partial charge in [-0.2, -0.15) is 0 Å². The molecule has 2 heterocycles. The van der Waals surface area contributed by atoms with Crippen molar-refractivity contribution in [3.05, 3.63) is 53.4 Å². The molecule has 0 radical (unpaired) electrons. The maximum atomic E-state index is 12.0. The number of urea groups is 1. The number of amides is 3. The smallest absolute Gasteiger partial charge is 0.321 e. The molecule has 1 fully saturated rings. The molecule has 1 aromatic heterocycles. The van der Waals surface area contributed by atoms with Gasteiger partial charge in [0, 0.05) is 26.2 Å². The lowest BCUT2D eigenvalue weighted by molar-refractivity contribution is -0.121. The number of halogens is 1. The van der Waals surface area contributed by atoms with Crippen LogP contribution in [0.2, 0.25) is 5.02 Å². The normalized spacial score (nSPS) is 14.9. The summed E-state index contributed by atoms with van der Waals surface area (Å²) in [6.45, 7) is 3.44. The third kappa shape index (κ3) is 5.00. The molecule has 138 valence electrons. The first kappa shape index (κ1) is 18.3. The number of carbonyl (C=O) groups is 2. The molecule has 1 aromatic carbocycles. The summed E-state index contributed by atoms with van der Waals surface area (Å²) >= 11 is 6.23. The number of imide groups is 1. The first-order valence-electron chi connectivity index (χ1n) is 8.44. The van der Waals surface area contributed by atoms with Crippen LogP contribution in [-0.2, 0) is 11.3 Å². The average molecular weight is 377 g/mol. The van der Waals surface area contributed by atoms with Crippen molar-refractivity contribution < 1.29 is 14.0 Å². The van der Waals surface area contributed by atoms with E-state index in [-0.39, 0.29) is 19.0 Å². The number of nitrogens with one attached hydrogen (secondary N) is 2. The number of anilines is 1. The number of rotatable bonds is 5. The van der Waals surface area contributed by atoms with Gasteiger partial charge >= 0.3 is 6.03 Å². The molecule has 0 atom stereocenters. The second-order valence-corrected chi connectivity index (χ2v) is 6.43. The summed E-state index contributed by atoms with van der Waals surface area (Å²) < 4.78 is 5.12. The molecular formula is C18H21ClN4O3. The predicted octanol–water partition coefficient (Wildman–Crippen LogP) is 2.08. The quantitative estimate of drug-likeness (QED) is 0.835. The third-order valence-corrected chi connectivity index (χ3v) is 4.51. The van der Waals surface area contributed by atoms with E-state index in [0.29, 0.717) is 5.76 Å². The van der Waals surface area contributed by atoms with Crippen LogP contribution in [0, 0.1) is 0 Å². The molecule has 2 N–H and O–H groups in total. The van der Waals surface area contributed by atoms with Crippen molar-refractivity contribution in [2.24, 2.45) is 0 Å². The summed E-state index contributed by atoms with van der Waals surface area (Å²) in [5, 5.41) is 5.65. The van der Waals surface area contributed by atoms with Gasteiger partial charge in [-0.05, 0) is 24.3 Å². The topological polar surface area (TPSA) is 77.8 Å². The molecule has 26 heavy (non-hydrogen) atoms. The van der Waals surface area contributed by atoms with Crippen molar-refractivity contribution in [2.75, 3.05) is 37.6 Å². The van der Waals surface area contributed by atoms with Gasteiger partial charge in [0.05, 0.1) is 30.1 Å². The van der Waals surface area contributed by atoms with Crippen LogP contribution in [0.1, 0.15) is 5.76 Å². The van der Waals surface area contributed by atoms with Gasteiger partial charge in [0.2, 0.25) is 5.91 Å². The number of benzene rings is 1. The Balaban J connectivity index is 1.39. The number of piperazine rings is 1. The van der Waals surface area contributed by atoms with Gasteiger partial charge < -0.3 is 14.6 Å². The molecule has 3 amide bonds. The molecule has 0 saturated carbocycles. The summed E-state index contributed by atoms with van der Waals surface area (Å²) in [7, 11) is 0. The lowest BCUT2D eigenvalue weighted by atomic mass is 10.2. The molecule has 8 heteroatoms. The van der Waals surface area contributed by atoms with Crippen molar-refractivity contribution in [2.45, 2.75) is 6.54 Å². The van der Waals surface area contributed by atoms with Crippen LogP contribution in [0.4, 0.5) is 10.5 Å². The monoisotopic (exact) mass is 376 g/mol. The number of carbonyl (C=O) groups excluding carboxylic acids is 2. The van der Waals surface area contributed by atoms with E-state index >= 15 is 0 Å². The predicted molar refractivity (Wildman–Crippen MR) is 99.2 cm³/mol. The second-order valence-electron chi connectivity index (χ2n) is 6.02. The number of para-hydroxylation sites is 1. The highest BCUT2D eigenvalue weighted by atomic mass is 35.5. The fourth-order valence-corrected chi connectivity index (χ4v) is 3.10. The van der Waals surface area contributed by atoms with Crippen molar-refractivity contribution in [1.29, 1.82) is 0 Å². The first-order chi connectivity index (χ1) is 12.6. The molecule has 1 aliphatic rings. The number of nitrogens with zero attached hydrogens (tertiary/aromatic N) is 2. The Kier molecular flexibility index (Phi) is 6.14. The van der Waals surface area contributed by atoms with Crippen molar-refractivity contribution in [3.8, 4) is 0 Å². The Bertz CT molecular complexity index is 743. The summed E-state index contributed by atoms with van der Waals surface area (Å²) in [6.07, 6.45) is 1.53. The Morgan fingerprint density at radius 1 is 1.08 bits per heavy atom. The van der Waals surface area contributed by atoms with Gasteiger partial charge in [-0.15, -0.1) is 0 Å². The third-order valence-electron chi connectivity index (χ3n) is 4.19. The SMILES string of the molecule is O=C(CN1CCN(c2ccccc2Cl)CC1)NC(=O)NCc1ccco1. The first-order valence-corrected chi connectivity index (χ1v) is 8.81. The zero-order chi connectivity index (χ0) is 18.4. The summed E-state index contributed by atoms with van der Waals surface area (Å²) in [5.41, 5.74) is 1.01. The standard InChI is InChI=1S/C18H21ClN4O3/c19-15-5-1-2-6-16(15)23-9-7-22(8-10-23)13-17(24)21-18(25)20-12-14-4-3-11-26-14/h1-6,11H,7-10,12-13H2,(H2,20,21,24,25). The Morgan fingerprint density at radius 2 is 1.85 bits per heavy atom. The van der Waals surface area contributed by atoms with Gasteiger partial charge in [-0.1, -0.05) is 23.7 Å². The van der Waals surface area contributed by atoms with Crippen LogP contribution < -0.4 is 15.5 Å². The van der Waals surface area contributed by atoms with Crippen molar-refractivity contribution in [3.63, 3.8) is 0 Å². The maximum Gasteiger partial charge on any atom is 0.321 e. The van der Waals surface area contributed by atoms with Gasteiger partial charge in [0.1, 0.15) is 5.76 Å². The summed E-state index contributed by atoms with van der Waals surface area (Å²) in [6, 6.07) is 10.7. The molecule has 0 aliphatic carbocycles. The second kappa shape index (κ2) is 8.73. The maximum absolute atomic E-state index is 12.0. The Morgan fingerprint density at radius 3 is 2.54 bits per heavy atom. The lowest BCUT2D eigenvalue weighted by Gasteiger charge is -2.36. The molecule has 1 aliphatic heterocycles. The largest absolute Gasteiger partial charge is 0.467 e. The van der Waals surface area contributed by atoms with Gasteiger partial charge in [-0.25, -0.2) is 4.79 Å². The van der Waals surface area contributed by atoms with Gasteiger partial charge in [0.25, 0.3) is 0 Å². The van der Waals surface area contributed by atoms with E-state index in [2.05, 4.69) is 15.5 Å². The van der Waals surface area contributed by atoms with Crippen LogP contribution in [0.5, 0.6) is 0 Å². The Labute approximate surface area is 156 Å². The molecule has 7 nitrogen and oxygen atoms in total. The van der Waals surface area contributed by atoms with Crippen LogP contribution in [0.25, 0.3) is 0 Å².